The van der Waals surface area contributed by atoms with Gasteiger partial charge in [0.05, 0.1) is 28.4 Å². The molecule has 0 saturated heterocycles. The Labute approximate surface area is 306 Å². The first kappa shape index (κ1) is 29.6. The summed E-state index contributed by atoms with van der Waals surface area (Å²) < 4.78 is 0. The monoisotopic (exact) mass is 671 g/mol. The second kappa shape index (κ2) is 11.4. The van der Waals surface area contributed by atoms with Gasteiger partial charge in [0, 0.05) is 33.8 Å². The van der Waals surface area contributed by atoms with Crippen molar-refractivity contribution in [1.82, 2.24) is 9.97 Å². The van der Waals surface area contributed by atoms with Crippen molar-refractivity contribution in [2.24, 2.45) is 0 Å². The normalized spacial score (nSPS) is 13.5. The molecule has 0 aliphatic heterocycles. The maximum atomic E-state index is 9.91. The number of pyridine rings is 2. The number of benzene rings is 8. The van der Waals surface area contributed by atoms with E-state index in [-0.39, 0.29) is 5.92 Å². The highest BCUT2D eigenvalue weighted by molar-refractivity contribution is 6.27. The Morgan fingerprint density at radius 3 is 1.81 bits per heavy atom. The average Bonchev–Trinajstić information content (AvgIpc) is 3.55. The van der Waals surface area contributed by atoms with E-state index in [0.29, 0.717) is 5.56 Å². The van der Waals surface area contributed by atoms with Crippen molar-refractivity contribution < 1.29 is 0 Å². The summed E-state index contributed by atoms with van der Waals surface area (Å²) in [5, 5.41) is 19.0. The Kier molecular flexibility index (Phi) is 6.38. The van der Waals surface area contributed by atoms with Crippen LogP contribution in [-0.2, 0) is 0 Å². The van der Waals surface area contributed by atoms with Gasteiger partial charge in [-0.2, -0.15) is 5.26 Å². The third-order valence-electron chi connectivity index (χ3n) is 11.2. The van der Waals surface area contributed by atoms with Crippen molar-refractivity contribution in [3.63, 3.8) is 0 Å². The minimum absolute atomic E-state index is 0.106. The molecule has 2 aromatic heterocycles. The molecule has 53 heavy (non-hydrogen) atoms. The molecule has 0 amide bonds. The van der Waals surface area contributed by atoms with Gasteiger partial charge in [0.2, 0.25) is 0 Å². The van der Waals surface area contributed by atoms with Gasteiger partial charge in [-0.15, -0.1) is 0 Å². The van der Waals surface area contributed by atoms with Crippen LogP contribution in [0.4, 0.5) is 0 Å². The topological polar surface area (TPSA) is 49.6 Å². The second-order valence-corrected chi connectivity index (χ2v) is 13.9. The highest BCUT2D eigenvalue weighted by Gasteiger charge is 2.31. The number of aromatic nitrogens is 2. The van der Waals surface area contributed by atoms with Crippen molar-refractivity contribution in [2.45, 2.75) is 5.92 Å². The fraction of sp³-hybridized carbons (Fsp3) is 0.0200. The fourth-order valence-electron chi connectivity index (χ4n) is 8.92. The summed E-state index contributed by atoms with van der Waals surface area (Å²) in [7, 11) is 0. The third kappa shape index (κ3) is 4.33. The van der Waals surface area contributed by atoms with Gasteiger partial charge in [-0.3, -0.25) is 4.98 Å². The predicted octanol–water partition coefficient (Wildman–Crippen LogP) is 12.6. The first-order chi connectivity index (χ1) is 26.3. The SMILES string of the molecule is N#Cc1ccc2c(c1)-c1cc(-c3c4ccccc4c(-c4nc5ccccc5c5c4ncc4ccccc45)c4ccccc34)ccc1C2c1ccccc1. The summed E-state index contributed by atoms with van der Waals surface area (Å²) >= 11 is 0. The van der Waals surface area contributed by atoms with Crippen LogP contribution in [-0.4, -0.2) is 9.97 Å². The molecule has 3 heteroatoms. The minimum Gasteiger partial charge on any atom is -0.253 e. The number of fused-ring (bicyclic) bond motifs is 10. The molecular formula is C50H29N3. The number of rotatable bonds is 3. The predicted molar refractivity (Wildman–Crippen MR) is 218 cm³/mol. The minimum atomic E-state index is 0.106. The van der Waals surface area contributed by atoms with E-state index in [9.17, 15) is 5.26 Å². The van der Waals surface area contributed by atoms with Gasteiger partial charge in [0.25, 0.3) is 0 Å². The maximum absolute atomic E-state index is 9.91. The molecule has 10 aromatic rings. The Morgan fingerprint density at radius 2 is 1.09 bits per heavy atom. The van der Waals surface area contributed by atoms with Gasteiger partial charge in [0.1, 0.15) is 0 Å². The maximum Gasteiger partial charge on any atom is 0.0991 e. The number of nitrogens with zero attached hydrogens (tertiary/aromatic N) is 3. The molecule has 0 fully saturated rings. The van der Waals surface area contributed by atoms with E-state index in [1.807, 2.05) is 12.3 Å². The number of para-hydroxylation sites is 1. The van der Waals surface area contributed by atoms with Crippen LogP contribution in [0.15, 0.2) is 170 Å². The number of hydrogen-bond acceptors (Lipinski definition) is 3. The Hall–Kier alpha value is -7.15. The molecule has 0 saturated carbocycles. The highest BCUT2D eigenvalue weighted by atomic mass is 14.8. The van der Waals surface area contributed by atoms with Crippen molar-refractivity contribution in [3.8, 4) is 39.6 Å². The summed E-state index contributed by atoms with van der Waals surface area (Å²) in [4.78, 5) is 10.6. The van der Waals surface area contributed by atoms with Gasteiger partial charge in [-0.25, -0.2) is 4.98 Å². The van der Waals surface area contributed by atoms with E-state index in [2.05, 4.69) is 164 Å². The van der Waals surface area contributed by atoms with E-state index in [1.54, 1.807) is 0 Å². The molecule has 1 atom stereocenters. The Bertz CT molecular complexity index is 3120. The van der Waals surface area contributed by atoms with E-state index < -0.39 is 0 Å². The highest BCUT2D eigenvalue weighted by Crippen LogP contribution is 2.51. The van der Waals surface area contributed by atoms with Crippen molar-refractivity contribution in [3.05, 3.63) is 192 Å². The lowest BCUT2D eigenvalue weighted by Crippen LogP contribution is -1.99. The molecule has 244 valence electrons. The van der Waals surface area contributed by atoms with Crippen LogP contribution in [0.2, 0.25) is 0 Å². The van der Waals surface area contributed by atoms with Crippen LogP contribution in [0.3, 0.4) is 0 Å². The van der Waals surface area contributed by atoms with Gasteiger partial charge in [-0.1, -0.05) is 140 Å². The molecule has 0 bridgehead atoms. The second-order valence-electron chi connectivity index (χ2n) is 13.9. The quantitative estimate of drug-likeness (QED) is 0.139. The van der Waals surface area contributed by atoms with Crippen molar-refractivity contribution >= 4 is 54.1 Å². The number of hydrogen-bond donors (Lipinski definition) is 0. The standard InChI is InChI=1S/C50H29N3/c51-28-30-22-24-39-42(26-30)43-27-32(23-25-40(43)45(39)31-12-2-1-3-13-31)46-35-16-6-8-18-37(35)48(38-19-9-7-17-36(38)46)50-49-47(41-20-10-11-21-44(41)53-50)34-15-5-4-14-33(34)29-52-49/h1-27,29,45H. The van der Waals surface area contributed by atoms with Crippen LogP contribution in [0.1, 0.15) is 28.2 Å². The summed E-state index contributed by atoms with van der Waals surface area (Å²) in [5.74, 6) is 0.106. The first-order valence-corrected chi connectivity index (χ1v) is 18.0. The largest absolute Gasteiger partial charge is 0.253 e. The molecule has 2 heterocycles. The smallest absolute Gasteiger partial charge is 0.0991 e. The molecule has 0 spiro atoms. The number of nitriles is 1. The van der Waals surface area contributed by atoms with Gasteiger partial charge in [-0.05, 0) is 90.1 Å². The van der Waals surface area contributed by atoms with Gasteiger partial charge >= 0.3 is 0 Å². The molecule has 0 radical (unpaired) electrons. The lowest BCUT2D eigenvalue weighted by atomic mass is 9.85. The van der Waals surface area contributed by atoms with Crippen LogP contribution < -0.4 is 0 Å². The zero-order chi connectivity index (χ0) is 35.0. The lowest BCUT2D eigenvalue weighted by molar-refractivity contribution is 1.01. The summed E-state index contributed by atoms with van der Waals surface area (Å²) in [5.41, 5.74) is 12.9. The zero-order valence-electron chi connectivity index (χ0n) is 28.6. The van der Waals surface area contributed by atoms with Crippen LogP contribution in [0.25, 0.3) is 87.6 Å². The van der Waals surface area contributed by atoms with E-state index in [4.69, 9.17) is 9.97 Å². The summed E-state index contributed by atoms with van der Waals surface area (Å²) in [6.07, 6.45) is 1.99. The molecule has 1 aliphatic rings. The molecule has 11 rings (SSSR count). The Morgan fingerprint density at radius 1 is 0.509 bits per heavy atom. The molecule has 1 aliphatic carbocycles. The van der Waals surface area contributed by atoms with E-state index >= 15 is 0 Å². The zero-order valence-corrected chi connectivity index (χ0v) is 28.6. The van der Waals surface area contributed by atoms with Crippen LogP contribution in [0, 0.1) is 11.3 Å². The Balaban J connectivity index is 1.22. The van der Waals surface area contributed by atoms with E-state index in [0.717, 1.165) is 71.1 Å². The van der Waals surface area contributed by atoms with Crippen molar-refractivity contribution in [2.75, 3.05) is 0 Å². The van der Waals surface area contributed by atoms with Crippen molar-refractivity contribution in [1.29, 1.82) is 5.26 Å². The lowest BCUT2D eigenvalue weighted by Gasteiger charge is -2.19. The molecule has 1 unspecified atom stereocenters. The van der Waals surface area contributed by atoms with Gasteiger partial charge < -0.3 is 0 Å². The molecule has 0 N–H and O–H groups in total. The molecule has 8 aromatic carbocycles. The van der Waals surface area contributed by atoms with Crippen LogP contribution >= 0.6 is 0 Å². The average molecular weight is 672 g/mol. The van der Waals surface area contributed by atoms with Crippen LogP contribution in [0.5, 0.6) is 0 Å². The molecule has 3 nitrogen and oxygen atoms in total. The third-order valence-corrected chi connectivity index (χ3v) is 11.2. The fourth-order valence-corrected chi connectivity index (χ4v) is 8.92. The van der Waals surface area contributed by atoms with E-state index in [1.165, 1.54) is 33.2 Å². The van der Waals surface area contributed by atoms with Gasteiger partial charge in [0.15, 0.2) is 0 Å². The molecular weight excluding hydrogens is 643 g/mol. The first-order valence-electron chi connectivity index (χ1n) is 18.0. The summed E-state index contributed by atoms with van der Waals surface area (Å²) in [6, 6.07) is 60.6. The summed E-state index contributed by atoms with van der Waals surface area (Å²) in [6.45, 7) is 0.